The number of hydrogen-bond acceptors (Lipinski definition) is 1. The summed E-state index contributed by atoms with van der Waals surface area (Å²) in [5.74, 6) is 1.24. The van der Waals surface area contributed by atoms with Crippen molar-refractivity contribution in [3.63, 3.8) is 0 Å². The van der Waals surface area contributed by atoms with Crippen molar-refractivity contribution in [2.45, 2.75) is 39.5 Å². The molecule has 0 bridgehead atoms. The smallest absolute Gasteiger partial charge is 0.0568 e. The van der Waals surface area contributed by atoms with Crippen LogP contribution in [-0.2, 0) is 0 Å². The van der Waals surface area contributed by atoms with Crippen LogP contribution in [0.15, 0.2) is 12.1 Å². The van der Waals surface area contributed by atoms with Gasteiger partial charge in [-0.15, -0.1) is 11.3 Å². The summed E-state index contributed by atoms with van der Waals surface area (Å²) < 4.78 is 1.40. The fraction of sp³-hybridized carbons (Fsp3) is 0.500. The van der Waals surface area contributed by atoms with E-state index in [2.05, 4.69) is 44.8 Å². The molecule has 0 aliphatic carbocycles. The SMILES string of the molecule is CC(C)c1cc2sc(C(C)C)cc2[nH]1. The van der Waals surface area contributed by atoms with E-state index < -0.39 is 0 Å². The average Bonchev–Trinajstić information content (AvgIpc) is 2.57. The summed E-state index contributed by atoms with van der Waals surface area (Å²) in [4.78, 5) is 4.95. The molecule has 0 radical (unpaired) electrons. The quantitative estimate of drug-likeness (QED) is 0.747. The van der Waals surface area contributed by atoms with Gasteiger partial charge in [0.2, 0.25) is 0 Å². The molecule has 2 heteroatoms. The molecule has 0 aromatic carbocycles. The third kappa shape index (κ3) is 1.59. The molecule has 2 heterocycles. The van der Waals surface area contributed by atoms with Gasteiger partial charge in [-0.1, -0.05) is 27.7 Å². The van der Waals surface area contributed by atoms with E-state index in [-0.39, 0.29) is 0 Å². The molecule has 0 saturated heterocycles. The third-order valence-corrected chi connectivity index (χ3v) is 3.92. The lowest BCUT2D eigenvalue weighted by Crippen LogP contribution is -1.85. The van der Waals surface area contributed by atoms with Gasteiger partial charge in [0.25, 0.3) is 0 Å². The molecule has 2 aromatic rings. The van der Waals surface area contributed by atoms with Crippen molar-refractivity contribution in [3.05, 3.63) is 22.7 Å². The van der Waals surface area contributed by atoms with Crippen LogP contribution in [0.25, 0.3) is 10.2 Å². The lowest BCUT2D eigenvalue weighted by Gasteiger charge is -2.00. The number of hydrogen-bond donors (Lipinski definition) is 1. The second-order valence-electron chi connectivity index (χ2n) is 4.46. The highest BCUT2D eigenvalue weighted by Crippen LogP contribution is 2.32. The zero-order chi connectivity index (χ0) is 10.3. The first kappa shape index (κ1) is 9.78. The van der Waals surface area contributed by atoms with Gasteiger partial charge in [0.05, 0.1) is 10.2 Å². The van der Waals surface area contributed by atoms with E-state index in [4.69, 9.17) is 0 Å². The summed E-state index contributed by atoms with van der Waals surface area (Å²) in [5.41, 5.74) is 2.66. The Labute approximate surface area is 89.2 Å². The first-order valence-electron chi connectivity index (χ1n) is 5.20. The Kier molecular flexibility index (Phi) is 2.40. The fourth-order valence-corrected chi connectivity index (χ4v) is 2.63. The van der Waals surface area contributed by atoms with Gasteiger partial charge >= 0.3 is 0 Å². The molecule has 14 heavy (non-hydrogen) atoms. The van der Waals surface area contributed by atoms with Crippen LogP contribution >= 0.6 is 11.3 Å². The highest BCUT2D eigenvalue weighted by atomic mass is 32.1. The van der Waals surface area contributed by atoms with Gasteiger partial charge < -0.3 is 4.98 Å². The summed E-state index contributed by atoms with van der Waals surface area (Å²) in [6, 6.07) is 4.58. The second kappa shape index (κ2) is 3.43. The average molecular weight is 207 g/mol. The summed E-state index contributed by atoms with van der Waals surface area (Å²) >= 11 is 1.91. The summed E-state index contributed by atoms with van der Waals surface area (Å²) in [6.07, 6.45) is 0. The van der Waals surface area contributed by atoms with Crippen LogP contribution in [0.2, 0.25) is 0 Å². The number of H-pyrrole nitrogens is 1. The number of aromatic nitrogens is 1. The zero-order valence-electron chi connectivity index (χ0n) is 9.22. The molecule has 76 valence electrons. The van der Waals surface area contributed by atoms with E-state index in [1.54, 1.807) is 0 Å². The maximum atomic E-state index is 3.48. The Balaban J connectivity index is 2.45. The monoisotopic (exact) mass is 207 g/mol. The molecule has 0 atom stereocenters. The van der Waals surface area contributed by atoms with E-state index in [0.717, 1.165) is 0 Å². The van der Waals surface area contributed by atoms with Crippen LogP contribution < -0.4 is 0 Å². The molecular weight excluding hydrogens is 190 g/mol. The van der Waals surface area contributed by atoms with Crippen molar-refractivity contribution in [1.29, 1.82) is 0 Å². The number of fused-ring (bicyclic) bond motifs is 1. The number of rotatable bonds is 2. The van der Waals surface area contributed by atoms with Crippen LogP contribution in [0, 0.1) is 0 Å². The van der Waals surface area contributed by atoms with Crippen molar-refractivity contribution in [1.82, 2.24) is 4.98 Å². The maximum Gasteiger partial charge on any atom is 0.0568 e. The van der Waals surface area contributed by atoms with Crippen LogP contribution in [0.4, 0.5) is 0 Å². The molecule has 2 aromatic heterocycles. The van der Waals surface area contributed by atoms with E-state index in [0.29, 0.717) is 11.8 Å². The Hall–Kier alpha value is -0.760. The number of aromatic amines is 1. The predicted octanol–water partition coefficient (Wildman–Crippen LogP) is 4.48. The standard InChI is InChI=1S/C12H17NS/c1-7(2)9-5-12-10(13-9)6-11(14-12)8(3)4/h5-8,13H,1-4H3. The molecule has 1 nitrogen and oxygen atoms in total. The maximum absolute atomic E-state index is 3.48. The van der Waals surface area contributed by atoms with Crippen molar-refractivity contribution in [2.75, 3.05) is 0 Å². The summed E-state index contributed by atoms with van der Waals surface area (Å²) in [5, 5.41) is 0. The molecular formula is C12H17NS. The minimum absolute atomic E-state index is 0.595. The Morgan fingerprint density at radius 3 is 2.29 bits per heavy atom. The Morgan fingerprint density at radius 1 is 1.07 bits per heavy atom. The summed E-state index contributed by atoms with van der Waals surface area (Å²) in [7, 11) is 0. The first-order chi connectivity index (χ1) is 6.58. The van der Waals surface area contributed by atoms with Crippen molar-refractivity contribution in [2.24, 2.45) is 0 Å². The van der Waals surface area contributed by atoms with Crippen LogP contribution in [-0.4, -0.2) is 4.98 Å². The van der Waals surface area contributed by atoms with Crippen LogP contribution in [0.5, 0.6) is 0 Å². The van der Waals surface area contributed by atoms with Crippen LogP contribution in [0.1, 0.15) is 50.1 Å². The molecule has 0 saturated carbocycles. The van der Waals surface area contributed by atoms with Crippen molar-refractivity contribution >= 4 is 21.6 Å². The molecule has 0 amide bonds. The molecule has 0 aliphatic heterocycles. The van der Waals surface area contributed by atoms with E-state index in [9.17, 15) is 0 Å². The zero-order valence-corrected chi connectivity index (χ0v) is 10.0. The Bertz CT molecular complexity index is 365. The fourth-order valence-electron chi connectivity index (χ4n) is 1.56. The highest BCUT2D eigenvalue weighted by Gasteiger charge is 2.09. The van der Waals surface area contributed by atoms with Crippen molar-refractivity contribution < 1.29 is 0 Å². The normalized spacial score (nSPS) is 12.1. The highest BCUT2D eigenvalue weighted by molar-refractivity contribution is 7.19. The number of nitrogens with one attached hydrogen (secondary N) is 1. The predicted molar refractivity (Wildman–Crippen MR) is 64.4 cm³/mol. The van der Waals surface area contributed by atoms with Gasteiger partial charge in [-0.05, 0) is 24.0 Å². The minimum atomic E-state index is 0.595. The molecule has 0 unspecified atom stereocenters. The van der Waals surface area contributed by atoms with E-state index in [1.807, 2.05) is 11.3 Å². The lowest BCUT2D eigenvalue weighted by molar-refractivity contribution is 0.836. The lowest BCUT2D eigenvalue weighted by atomic mass is 10.1. The van der Waals surface area contributed by atoms with Gasteiger partial charge in [0.1, 0.15) is 0 Å². The first-order valence-corrected chi connectivity index (χ1v) is 6.02. The van der Waals surface area contributed by atoms with Crippen molar-refractivity contribution in [3.8, 4) is 0 Å². The Morgan fingerprint density at radius 2 is 1.79 bits per heavy atom. The summed E-state index contributed by atoms with van der Waals surface area (Å²) in [6.45, 7) is 8.93. The van der Waals surface area contributed by atoms with Gasteiger partial charge in [0, 0.05) is 10.6 Å². The largest absolute Gasteiger partial charge is 0.357 e. The molecule has 0 aliphatic rings. The van der Waals surface area contributed by atoms with Gasteiger partial charge in [-0.2, -0.15) is 0 Å². The molecule has 2 rings (SSSR count). The van der Waals surface area contributed by atoms with Gasteiger partial charge in [-0.3, -0.25) is 0 Å². The number of thiophene rings is 1. The molecule has 0 fully saturated rings. The topological polar surface area (TPSA) is 15.8 Å². The van der Waals surface area contributed by atoms with E-state index >= 15 is 0 Å². The van der Waals surface area contributed by atoms with Crippen LogP contribution in [0.3, 0.4) is 0 Å². The molecule has 0 spiro atoms. The minimum Gasteiger partial charge on any atom is -0.357 e. The van der Waals surface area contributed by atoms with Gasteiger partial charge in [0.15, 0.2) is 0 Å². The van der Waals surface area contributed by atoms with E-state index in [1.165, 1.54) is 20.8 Å². The second-order valence-corrected chi connectivity index (χ2v) is 5.58. The molecule has 1 N–H and O–H groups in total. The van der Waals surface area contributed by atoms with Gasteiger partial charge in [-0.25, -0.2) is 0 Å². The third-order valence-electron chi connectivity index (χ3n) is 2.54.